The van der Waals surface area contributed by atoms with E-state index in [1.165, 1.54) is 44.9 Å². The molecular formula is C39H58O3Ti-2. The maximum atomic E-state index is 11.4. The molecule has 4 unspecified atom stereocenters. The van der Waals surface area contributed by atoms with E-state index in [-0.39, 0.29) is 33.9 Å². The van der Waals surface area contributed by atoms with Crippen LogP contribution in [-0.4, -0.2) is 17.0 Å². The van der Waals surface area contributed by atoms with Gasteiger partial charge in [0.05, 0.1) is 6.10 Å². The summed E-state index contributed by atoms with van der Waals surface area (Å²) in [6.07, 6.45) is 11.5. The van der Waals surface area contributed by atoms with Crippen LogP contribution in [0.4, 0.5) is 0 Å². The van der Waals surface area contributed by atoms with Gasteiger partial charge in [0.15, 0.2) is 5.78 Å². The molecule has 2 aromatic carbocycles. The third kappa shape index (κ3) is 16.4. The monoisotopic (exact) mass is 622 g/mol. The predicted molar refractivity (Wildman–Crippen MR) is 177 cm³/mol. The largest absolute Gasteiger partial charge is 2.00 e. The summed E-state index contributed by atoms with van der Waals surface area (Å²) in [6.45, 7) is 25.9. The molecule has 0 spiro atoms. The number of allylic oxidation sites excluding steroid dienone is 1. The standard InChI is InChI=1S/C15H27.C11H11O.C10H13O2.C3H7.Ti/c1-5-7-13(2)10-14(3)8-6-9-15(4,11-13)12-14;1-9(2)8-11(12)10-6-4-3-5-7-10;1-8(11)7-10(12)9-5-3-2-4-6-9;1-3-2;/h1,5-12H2,2-4H3;1,3-7H,8H2,2H3;2-6,8,10,12H,7H2,1H3;1,3H2,2H3;/q4*-1;+2. The molecule has 2 fully saturated rings. The summed E-state index contributed by atoms with van der Waals surface area (Å²) >= 11 is 0. The SMILES string of the molecule is CC([O-])CC(O)c1ccccc1.[CH-]=C(C)CC(=O)c1ccccc1.[CH2-]CC.[CH2-]CCC1(C)CC2(C)CCCC(C)(C1)C2.[Ti+2]. The quantitative estimate of drug-likeness (QED) is 0.181. The van der Waals surface area contributed by atoms with Crippen molar-refractivity contribution in [3.8, 4) is 0 Å². The van der Waals surface area contributed by atoms with E-state index in [9.17, 15) is 15.0 Å². The summed E-state index contributed by atoms with van der Waals surface area (Å²) in [6, 6.07) is 18.4. The van der Waals surface area contributed by atoms with Gasteiger partial charge in [0.1, 0.15) is 0 Å². The van der Waals surface area contributed by atoms with Crippen LogP contribution in [0.5, 0.6) is 0 Å². The first-order chi connectivity index (χ1) is 19.7. The van der Waals surface area contributed by atoms with E-state index >= 15 is 0 Å². The number of ketones is 1. The van der Waals surface area contributed by atoms with Crippen molar-refractivity contribution >= 4 is 5.78 Å². The van der Waals surface area contributed by atoms with Gasteiger partial charge in [-0.25, -0.2) is 0 Å². The van der Waals surface area contributed by atoms with Gasteiger partial charge in [0.2, 0.25) is 0 Å². The van der Waals surface area contributed by atoms with Gasteiger partial charge in [0.25, 0.3) is 0 Å². The van der Waals surface area contributed by atoms with Crippen molar-refractivity contribution in [2.75, 3.05) is 0 Å². The Hall–Kier alpha value is -1.52. The minimum absolute atomic E-state index is 0. The topological polar surface area (TPSA) is 60.4 Å². The Morgan fingerprint density at radius 1 is 0.953 bits per heavy atom. The number of carbonyl (C=O) groups excluding carboxylic acids is 1. The average Bonchev–Trinajstić information content (AvgIpc) is 2.89. The number of benzene rings is 2. The number of hydrogen-bond donors (Lipinski definition) is 1. The van der Waals surface area contributed by atoms with Crippen molar-refractivity contribution in [3.63, 3.8) is 0 Å². The smallest absolute Gasteiger partial charge is 0.852 e. The number of hydrogen-bond acceptors (Lipinski definition) is 3. The molecule has 43 heavy (non-hydrogen) atoms. The van der Waals surface area contributed by atoms with Crippen LogP contribution in [-0.2, 0) is 21.7 Å². The number of rotatable bonds is 8. The normalized spacial score (nSPS) is 25.0. The summed E-state index contributed by atoms with van der Waals surface area (Å²) in [5, 5.41) is 20.2. The van der Waals surface area contributed by atoms with Gasteiger partial charge in [0, 0.05) is 5.56 Å². The van der Waals surface area contributed by atoms with Crippen molar-refractivity contribution in [1.82, 2.24) is 0 Å². The zero-order valence-corrected chi connectivity index (χ0v) is 29.5. The van der Waals surface area contributed by atoms with Crippen LogP contribution in [0, 0.1) is 36.7 Å². The van der Waals surface area contributed by atoms with E-state index in [4.69, 9.17) is 6.58 Å². The van der Waals surface area contributed by atoms with E-state index in [1.807, 2.05) is 55.5 Å². The fraction of sp³-hybridized carbons (Fsp3) is 0.564. The molecule has 238 valence electrons. The summed E-state index contributed by atoms with van der Waals surface area (Å²) in [5.41, 5.74) is 4.08. The number of aliphatic hydroxyl groups is 1. The van der Waals surface area contributed by atoms with Gasteiger partial charge >= 0.3 is 21.7 Å². The molecule has 2 aliphatic carbocycles. The van der Waals surface area contributed by atoms with Crippen LogP contribution in [0.25, 0.3) is 0 Å². The van der Waals surface area contributed by atoms with Gasteiger partial charge in [-0.05, 0) is 66.8 Å². The molecule has 2 aromatic rings. The molecule has 0 aromatic heterocycles. The fourth-order valence-corrected chi connectivity index (χ4v) is 7.28. The summed E-state index contributed by atoms with van der Waals surface area (Å²) in [7, 11) is 0. The molecule has 2 saturated carbocycles. The number of aliphatic hydroxyl groups excluding tert-OH is 1. The summed E-state index contributed by atoms with van der Waals surface area (Å²) in [5.74, 6) is 0.0793. The van der Waals surface area contributed by atoms with E-state index in [0.717, 1.165) is 24.0 Å². The molecule has 4 heteroatoms. The van der Waals surface area contributed by atoms with Gasteiger partial charge in [-0.3, -0.25) is 10.4 Å². The molecule has 1 N–H and O–H groups in total. The Kier molecular flexibility index (Phi) is 19.8. The summed E-state index contributed by atoms with van der Waals surface area (Å²) < 4.78 is 0. The molecule has 0 amide bonds. The van der Waals surface area contributed by atoms with E-state index < -0.39 is 12.2 Å². The third-order valence-electron chi connectivity index (χ3n) is 8.18. The minimum Gasteiger partial charge on any atom is -0.852 e. The van der Waals surface area contributed by atoms with Gasteiger partial charge in [-0.1, -0.05) is 115 Å². The minimum atomic E-state index is -0.708. The van der Waals surface area contributed by atoms with Crippen LogP contribution in [0.1, 0.15) is 134 Å². The Morgan fingerprint density at radius 2 is 1.42 bits per heavy atom. The first-order valence-corrected chi connectivity index (χ1v) is 15.8. The second-order valence-electron chi connectivity index (χ2n) is 13.7. The molecule has 2 aliphatic rings. The van der Waals surface area contributed by atoms with E-state index in [1.54, 1.807) is 26.0 Å². The van der Waals surface area contributed by atoms with Crippen molar-refractivity contribution in [1.29, 1.82) is 0 Å². The van der Waals surface area contributed by atoms with Crippen molar-refractivity contribution in [2.24, 2.45) is 16.2 Å². The molecule has 0 heterocycles. The number of carbonyl (C=O) groups is 1. The predicted octanol–water partition coefficient (Wildman–Crippen LogP) is 9.71. The second-order valence-corrected chi connectivity index (χ2v) is 13.7. The van der Waals surface area contributed by atoms with Crippen molar-refractivity contribution < 1.29 is 36.7 Å². The van der Waals surface area contributed by atoms with Crippen molar-refractivity contribution in [2.45, 2.75) is 124 Å². The first kappa shape index (κ1) is 41.5. The van der Waals surface area contributed by atoms with Crippen LogP contribution >= 0.6 is 0 Å². The molecule has 4 atom stereocenters. The molecular weight excluding hydrogens is 564 g/mol. The van der Waals surface area contributed by atoms with Gasteiger partial charge < -0.3 is 30.6 Å². The Labute approximate surface area is 279 Å². The van der Waals surface area contributed by atoms with Crippen LogP contribution < -0.4 is 5.11 Å². The Morgan fingerprint density at radius 3 is 1.84 bits per heavy atom. The molecule has 0 aliphatic heterocycles. The molecule has 0 radical (unpaired) electrons. The second kappa shape index (κ2) is 20.5. The van der Waals surface area contributed by atoms with Crippen LogP contribution in [0.15, 0.2) is 66.2 Å². The molecule has 2 bridgehead atoms. The Bertz CT molecular complexity index is 1020. The first-order valence-electron chi connectivity index (χ1n) is 15.8. The van der Waals surface area contributed by atoms with Crippen LogP contribution in [0.2, 0.25) is 0 Å². The zero-order valence-electron chi connectivity index (χ0n) is 28.0. The molecule has 3 nitrogen and oxygen atoms in total. The van der Waals surface area contributed by atoms with Gasteiger partial charge in [-0.15, -0.1) is 6.10 Å². The average molecular weight is 623 g/mol. The van der Waals surface area contributed by atoms with E-state index in [0.29, 0.717) is 28.2 Å². The molecule has 0 saturated heterocycles. The Balaban J connectivity index is 0.000000586. The fourth-order valence-electron chi connectivity index (χ4n) is 7.28. The molecule has 4 rings (SSSR count). The maximum absolute atomic E-state index is 11.4. The zero-order chi connectivity index (χ0) is 31.8. The number of Topliss-reactive ketones (excluding diaryl/α,β-unsaturated/α-hetero) is 1. The van der Waals surface area contributed by atoms with Gasteiger partial charge in [-0.2, -0.15) is 12.8 Å². The summed E-state index contributed by atoms with van der Waals surface area (Å²) in [4.78, 5) is 11.4. The van der Waals surface area contributed by atoms with Crippen LogP contribution in [0.3, 0.4) is 0 Å². The van der Waals surface area contributed by atoms with Crippen molar-refractivity contribution in [3.05, 3.63) is 97.8 Å². The number of fused-ring (bicyclic) bond motifs is 2. The maximum Gasteiger partial charge on any atom is 2.00 e. The third-order valence-corrected chi connectivity index (χ3v) is 8.18. The van der Waals surface area contributed by atoms with E-state index in [2.05, 4.69) is 34.6 Å².